The highest BCUT2D eigenvalue weighted by Crippen LogP contribution is 2.25. The molecular formula is C13H17N3O3S. The van der Waals surface area contributed by atoms with Crippen LogP contribution >= 0.6 is 11.3 Å². The quantitative estimate of drug-likeness (QED) is 0.924. The summed E-state index contributed by atoms with van der Waals surface area (Å²) in [6, 6.07) is 0. The molecule has 1 N–H and O–H groups in total. The van der Waals surface area contributed by atoms with Gasteiger partial charge >= 0.3 is 5.97 Å². The van der Waals surface area contributed by atoms with Crippen LogP contribution in [0.5, 0.6) is 0 Å². The summed E-state index contributed by atoms with van der Waals surface area (Å²) in [7, 11) is 0. The minimum Gasteiger partial charge on any atom is -0.477 e. The van der Waals surface area contributed by atoms with E-state index in [2.05, 4.69) is 30.9 Å². The summed E-state index contributed by atoms with van der Waals surface area (Å²) in [5.41, 5.74) is 0.942. The van der Waals surface area contributed by atoms with E-state index < -0.39 is 5.97 Å². The zero-order valence-electron chi connectivity index (χ0n) is 11.7. The van der Waals surface area contributed by atoms with Gasteiger partial charge in [0.25, 0.3) is 0 Å². The fourth-order valence-electron chi connectivity index (χ4n) is 1.74. The van der Waals surface area contributed by atoms with Gasteiger partial charge in [0.05, 0.1) is 12.2 Å². The predicted octanol–water partition coefficient (Wildman–Crippen LogP) is 2.00. The number of amides is 1. The van der Waals surface area contributed by atoms with Gasteiger partial charge in [-0.25, -0.2) is 14.8 Å². The largest absolute Gasteiger partial charge is 0.477 e. The Morgan fingerprint density at radius 3 is 2.70 bits per heavy atom. The summed E-state index contributed by atoms with van der Waals surface area (Å²) in [6.07, 6.45) is 0.373. The maximum absolute atomic E-state index is 11.8. The molecule has 20 heavy (non-hydrogen) atoms. The van der Waals surface area contributed by atoms with Crippen molar-refractivity contribution in [2.75, 3.05) is 0 Å². The van der Waals surface area contributed by atoms with Gasteiger partial charge in [0.1, 0.15) is 10.7 Å². The van der Waals surface area contributed by atoms with Gasteiger partial charge in [0, 0.05) is 23.6 Å². The lowest BCUT2D eigenvalue weighted by atomic mass is 9.93. The number of hydrogen-bond donors (Lipinski definition) is 1. The molecule has 0 fully saturated rings. The van der Waals surface area contributed by atoms with Crippen LogP contribution in [0.25, 0.3) is 0 Å². The predicted molar refractivity (Wildman–Crippen MR) is 75.7 cm³/mol. The molecule has 0 spiro atoms. The lowest BCUT2D eigenvalue weighted by molar-refractivity contribution is -0.133. The first-order valence-electron chi connectivity index (χ1n) is 6.33. The van der Waals surface area contributed by atoms with Crippen molar-refractivity contribution < 1.29 is 14.7 Å². The van der Waals surface area contributed by atoms with Crippen LogP contribution in [0.2, 0.25) is 0 Å². The van der Waals surface area contributed by atoms with E-state index >= 15 is 0 Å². The van der Waals surface area contributed by atoms with Crippen LogP contribution in [-0.2, 0) is 21.5 Å². The van der Waals surface area contributed by atoms with Gasteiger partial charge in [-0.2, -0.15) is 5.10 Å². The second-order valence-electron chi connectivity index (χ2n) is 5.68. The Morgan fingerprint density at radius 2 is 2.15 bits per heavy atom. The van der Waals surface area contributed by atoms with Crippen LogP contribution in [0.15, 0.2) is 10.5 Å². The maximum Gasteiger partial charge on any atom is 0.352 e. The highest BCUT2D eigenvalue weighted by molar-refractivity contribution is 7.09. The van der Waals surface area contributed by atoms with Gasteiger partial charge in [-0.3, -0.25) is 4.79 Å². The molecule has 0 saturated carbocycles. The van der Waals surface area contributed by atoms with E-state index in [4.69, 9.17) is 5.11 Å². The summed E-state index contributed by atoms with van der Waals surface area (Å²) in [5, 5.41) is 16.8. The Labute approximate surface area is 121 Å². The summed E-state index contributed by atoms with van der Waals surface area (Å²) in [6.45, 7) is 6.44. The molecule has 108 valence electrons. The van der Waals surface area contributed by atoms with Crippen molar-refractivity contribution in [3.8, 4) is 0 Å². The zero-order chi connectivity index (χ0) is 14.9. The standard InChI is InChI=1S/C13H17N3O3S/c1-13(2,3)9-7-20-10(14-9)6-16-11(17)5-4-8(15-16)12(18)19/h7H,4-6H2,1-3H3,(H,18,19). The van der Waals surface area contributed by atoms with E-state index in [1.54, 1.807) is 0 Å². The van der Waals surface area contributed by atoms with E-state index in [1.165, 1.54) is 16.3 Å². The Hall–Kier alpha value is -1.76. The zero-order valence-corrected chi connectivity index (χ0v) is 12.5. The molecule has 0 atom stereocenters. The highest BCUT2D eigenvalue weighted by Gasteiger charge is 2.25. The number of carboxylic acid groups (broad SMARTS) is 1. The lowest BCUT2D eigenvalue weighted by Gasteiger charge is -2.21. The second kappa shape index (κ2) is 5.32. The third-order valence-electron chi connectivity index (χ3n) is 2.96. The molecule has 1 aliphatic rings. The van der Waals surface area contributed by atoms with Gasteiger partial charge in [-0.05, 0) is 0 Å². The van der Waals surface area contributed by atoms with Crippen molar-refractivity contribution in [2.24, 2.45) is 5.10 Å². The van der Waals surface area contributed by atoms with Crippen molar-refractivity contribution in [2.45, 2.75) is 45.6 Å². The molecule has 2 rings (SSSR count). The van der Waals surface area contributed by atoms with Crippen molar-refractivity contribution >= 4 is 28.9 Å². The molecule has 1 aliphatic heterocycles. The summed E-state index contributed by atoms with van der Waals surface area (Å²) in [5.74, 6) is -1.24. The van der Waals surface area contributed by atoms with Crippen LogP contribution in [-0.4, -0.2) is 32.7 Å². The van der Waals surface area contributed by atoms with Crippen LogP contribution < -0.4 is 0 Å². The van der Waals surface area contributed by atoms with Crippen LogP contribution in [0.4, 0.5) is 0 Å². The fourth-order valence-corrected chi connectivity index (χ4v) is 2.74. The first-order chi connectivity index (χ1) is 9.27. The first-order valence-corrected chi connectivity index (χ1v) is 7.21. The van der Waals surface area contributed by atoms with E-state index in [0.29, 0.717) is 0 Å². The number of carbonyl (C=O) groups excluding carboxylic acids is 1. The van der Waals surface area contributed by atoms with Crippen LogP contribution in [0.3, 0.4) is 0 Å². The van der Waals surface area contributed by atoms with Gasteiger partial charge in [-0.15, -0.1) is 11.3 Å². The van der Waals surface area contributed by atoms with Crippen molar-refractivity contribution in [1.29, 1.82) is 0 Å². The number of carbonyl (C=O) groups is 2. The average molecular weight is 295 g/mol. The first kappa shape index (κ1) is 14.6. The highest BCUT2D eigenvalue weighted by atomic mass is 32.1. The van der Waals surface area contributed by atoms with Crippen molar-refractivity contribution in [1.82, 2.24) is 9.99 Å². The Bertz CT molecular complexity index is 572. The molecule has 1 aromatic heterocycles. The molecular weight excluding hydrogens is 278 g/mol. The third-order valence-corrected chi connectivity index (χ3v) is 3.79. The fraction of sp³-hybridized carbons (Fsp3) is 0.538. The number of hydrazone groups is 1. The maximum atomic E-state index is 11.8. The molecule has 0 unspecified atom stereocenters. The molecule has 1 amide bonds. The number of carboxylic acids is 1. The number of rotatable bonds is 3. The topological polar surface area (TPSA) is 82.9 Å². The molecule has 6 nitrogen and oxygen atoms in total. The van der Waals surface area contributed by atoms with Gasteiger partial charge < -0.3 is 5.11 Å². The molecule has 0 aliphatic carbocycles. The van der Waals surface area contributed by atoms with Gasteiger partial charge in [-0.1, -0.05) is 20.8 Å². The number of aromatic nitrogens is 1. The van der Waals surface area contributed by atoms with E-state index in [1.807, 2.05) is 5.38 Å². The van der Waals surface area contributed by atoms with E-state index in [0.717, 1.165) is 10.7 Å². The van der Waals surface area contributed by atoms with Crippen LogP contribution in [0.1, 0.15) is 44.3 Å². The molecule has 0 saturated heterocycles. The molecule has 1 aromatic rings. The Morgan fingerprint density at radius 1 is 1.45 bits per heavy atom. The molecule has 0 aromatic carbocycles. The molecule has 7 heteroatoms. The smallest absolute Gasteiger partial charge is 0.352 e. The van der Waals surface area contributed by atoms with E-state index in [9.17, 15) is 9.59 Å². The normalized spacial score (nSPS) is 16.2. The SMILES string of the molecule is CC(C)(C)c1csc(CN2N=C(C(=O)O)CCC2=O)n1. The van der Waals surface area contributed by atoms with E-state index in [-0.39, 0.29) is 36.4 Å². The Balaban J connectivity index is 2.16. The number of nitrogens with zero attached hydrogens (tertiary/aromatic N) is 3. The molecule has 2 heterocycles. The van der Waals surface area contributed by atoms with Gasteiger partial charge in [0.2, 0.25) is 5.91 Å². The minimum absolute atomic E-state index is 0.0252. The van der Waals surface area contributed by atoms with Crippen molar-refractivity contribution in [3.63, 3.8) is 0 Å². The second-order valence-corrected chi connectivity index (χ2v) is 6.62. The monoisotopic (exact) mass is 295 g/mol. The number of hydrogen-bond acceptors (Lipinski definition) is 5. The summed E-state index contributed by atoms with van der Waals surface area (Å²) < 4.78 is 0. The van der Waals surface area contributed by atoms with Gasteiger partial charge in [0.15, 0.2) is 0 Å². The summed E-state index contributed by atoms with van der Waals surface area (Å²) in [4.78, 5) is 27.2. The molecule has 0 bridgehead atoms. The average Bonchev–Trinajstić information content (AvgIpc) is 2.80. The Kier molecular flexibility index (Phi) is 3.89. The van der Waals surface area contributed by atoms with Crippen LogP contribution in [0, 0.1) is 0 Å². The lowest BCUT2D eigenvalue weighted by Crippen LogP contribution is -2.33. The third kappa shape index (κ3) is 3.22. The van der Waals surface area contributed by atoms with Crippen molar-refractivity contribution in [3.05, 3.63) is 16.1 Å². The minimum atomic E-state index is -1.07. The molecule has 0 radical (unpaired) electrons. The summed E-state index contributed by atoms with van der Waals surface area (Å²) >= 11 is 1.46. The number of thiazole rings is 1. The number of aliphatic carboxylic acids is 1.